The summed E-state index contributed by atoms with van der Waals surface area (Å²) in [6.45, 7) is 1.08. The Morgan fingerprint density at radius 1 is 1.05 bits per heavy atom. The van der Waals surface area contributed by atoms with Crippen LogP contribution in [0.3, 0.4) is 0 Å². The molecule has 0 aliphatic carbocycles. The summed E-state index contributed by atoms with van der Waals surface area (Å²) in [6, 6.07) is 12.0. The van der Waals surface area contributed by atoms with Crippen molar-refractivity contribution in [3.05, 3.63) is 42.2 Å². The van der Waals surface area contributed by atoms with Gasteiger partial charge < -0.3 is 14.1 Å². The summed E-state index contributed by atoms with van der Waals surface area (Å²) in [6.07, 6.45) is 2.09. The van der Waals surface area contributed by atoms with Gasteiger partial charge in [0.25, 0.3) is 0 Å². The van der Waals surface area contributed by atoms with E-state index in [1.807, 2.05) is 30.3 Å². The third-order valence-electron chi connectivity index (χ3n) is 3.06. The van der Waals surface area contributed by atoms with Crippen LogP contribution in [0.4, 0.5) is 0 Å². The molecule has 3 heteroatoms. The Balaban J connectivity index is 1.99. The number of rotatable bonds is 6. The van der Waals surface area contributed by atoms with Crippen molar-refractivity contribution in [3.63, 3.8) is 0 Å². The zero-order chi connectivity index (χ0) is 13.7. The molecule has 3 nitrogen and oxygen atoms in total. The molecule has 0 atom stereocenters. The van der Waals surface area contributed by atoms with Crippen molar-refractivity contribution < 1.29 is 9.15 Å². The van der Waals surface area contributed by atoms with Crippen molar-refractivity contribution in [1.82, 2.24) is 4.90 Å². The lowest BCUT2D eigenvalue weighted by molar-refractivity contribution is 0.390. The van der Waals surface area contributed by atoms with E-state index in [9.17, 15) is 0 Å². The molecule has 1 heterocycles. The van der Waals surface area contributed by atoms with Gasteiger partial charge in [0, 0.05) is 12.0 Å². The second-order valence-corrected chi connectivity index (χ2v) is 4.90. The van der Waals surface area contributed by atoms with Crippen molar-refractivity contribution in [2.24, 2.45) is 0 Å². The lowest BCUT2D eigenvalue weighted by atomic mass is 10.2. The van der Waals surface area contributed by atoms with Crippen LogP contribution in [0.5, 0.6) is 5.75 Å². The van der Waals surface area contributed by atoms with Gasteiger partial charge >= 0.3 is 0 Å². The van der Waals surface area contributed by atoms with E-state index in [2.05, 4.69) is 25.1 Å². The minimum absolute atomic E-state index is 0.863. The van der Waals surface area contributed by atoms with Crippen LogP contribution in [0.2, 0.25) is 0 Å². The first-order chi connectivity index (χ1) is 9.19. The summed E-state index contributed by atoms with van der Waals surface area (Å²) in [5.74, 6) is 2.83. The molecular formula is C16H21NO2. The minimum Gasteiger partial charge on any atom is -0.497 e. The van der Waals surface area contributed by atoms with Gasteiger partial charge in [-0.05, 0) is 63.5 Å². The number of furan rings is 1. The summed E-state index contributed by atoms with van der Waals surface area (Å²) < 4.78 is 11.0. The van der Waals surface area contributed by atoms with Crippen LogP contribution >= 0.6 is 0 Å². The van der Waals surface area contributed by atoms with E-state index in [-0.39, 0.29) is 0 Å². The maximum Gasteiger partial charge on any atom is 0.134 e. The van der Waals surface area contributed by atoms with Gasteiger partial charge in [0.05, 0.1) is 7.11 Å². The second-order valence-electron chi connectivity index (χ2n) is 4.90. The standard InChI is InChI=1S/C16H21NO2/c1-17(2)12-4-5-15-10-11-16(19-15)13-6-8-14(18-3)9-7-13/h6-11H,4-5,12H2,1-3H3. The lowest BCUT2D eigenvalue weighted by Crippen LogP contribution is -2.13. The molecule has 2 aromatic rings. The minimum atomic E-state index is 0.863. The van der Waals surface area contributed by atoms with Crippen molar-refractivity contribution in [2.75, 3.05) is 27.7 Å². The fourth-order valence-corrected chi connectivity index (χ4v) is 1.99. The molecule has 0 N–H and O–H groups in total. The maximum absolute atomic E-state index is 5.87. The number of ether oxygens (including phenoxy) is 1. The number of hydrogen-bond donors (Lipinski definition) is 0. The molecule has 0 fully saturated rings. The summed E-state index contributed by atoms with van der Waals surface area (Å²) in [4.78, 5) is 2.19. The van der Waals surface area contributed by atoms with Gasteiger partial charge in [0.2, 0.25) is 0 Å². The summed E-state index contributed by atoms with van der Waals surface area (Å²) in [5, 5.41) is 0. The summed E-state index contributed by atoms with van der Waals surface area (Å²) in [5.41, 5.74) is 1.08. The van der Waals surface area contributed by atoms with Gasteiger partial charge in [0.15, 0.2) is 0 Å². The topological polar surface area (TPSA) is 25.6 Å². The van der Waals surface area contributed by atoms with Crippen LogP contribution in [0.1, 0.15) is 12.2 Å². The Labute approximate surface area is 114 Å². The van der Waals surface area contributed by atoms with Gasteiger partial charge in [-0.2, -0.15) is 0 Å². The molecule has 0 radical (unpaired) electrons. The van der Waals surface area contributed by atoms with E-state index in [0.29, 0.717) is 0 Å². The lowest BCUT2D eigenvalue weighted by Gasteiger charge is -2.07. The molecule has 0 bridgehead atoms. The quantitative estimate of drug-likeness (QED) is 0.794. The largest absolute Gasteiger partial charge is 0.497 e. The molecule has 0 aliphatic heterocycles. The van der Waals surface area contributed by atoms with E-state index < -0.39 is 0 Å². The van der Waals surface area contributed by atoms with E-state index >= 15 is 0 Å². The number of nitrogens with zero attached hydrogens (tertiary/aromatic N) is 1. The summed E-state index contributed by atoms with van der Waals surface area (Å²) in [7, 11) is 5.85. The van der Waals surface area contributed by atoms with Crippen LogP contribution in [-0.4, -0.2) is 32.6 Å². The number of benzene rings is 1. The Kier molecular flexibility index (Phi) is 4.63. The van der Waals surface area contributed by atoms with Crippen LogP contribution in [0.25, 0.3) is 11.3 Å². The van der Waals surface area contributed by atoms with Gasteiger partial charge in [-0.3, -0.25) is 0 Å². The fourth-order valence-electron chi connectivity index (χ4n) is 1.99. The average molecular weight is 259 g/mol. The van der Waals surface area contributed by atoms with Gasteiger partial charge in [0.1, 0.15) is 17.3 Å². The van der Waals surface area contributed by atoms with Crippen molar-refractivity contribution in [3.8, 4) is 17.1 Å². The zero-order valence-corrected chi connectivity index (χ0v) is 11.8. The van der Waals surface area contributed by atoms with Crippen LogP contribution < -0.4 is 4.74 Å². The highest BCUT2D eigenvalue weighted by Gasteiger charge is 2.05. The number of aryl methyl sites for hydroxylation is 1. The Morgan fingerprint density at radius 3 is 2.42 bits per heavy atom. The monoisotopic (exact) mass is 259 g/mol. The van der Waals surface area contributed by atoms with Crippen molar-refractivity contribution in [2.45, 2.75) is 12.8 Å². The van der Waals surface area contributed by atoms with E-state index in [4.69, 9.17) is 9.15 Å². The Bertz CT molecular complexity index is 500. The van der Waals surface area contributed by atoms with E-state index in [0.717, 1.165) is 42.2 Å². The molecule has 1 aromatic carbocycles. The average Bonchev–Trinajstić information content (AvgIpc) is 2.87. The van der Waals surface area contributed by atoms with Gasteiger partial charge in [-0.1, -0.05) is 0 Å². The van der Waals surface area contributed by atoms with Gasteiger partial charge in [-0.15, -0.1) is 0 Å². The van der Waals surface area contributed by atoms with Crippen molar-refractivity contribution >= 4 is 0 Å². The molecule has 1 aromatic heterocycles. The molecule has 0 spiro atoms. The highest BCUT2D eigenvalue weighted by molar-refractivity contribution is 5.58. The molecule has 0 aliphatic rings. The van der Waals surface area contributed by atoms with Crippen LogP contribution in [0, 0.1) is 0 Å². The van der Waals surface area contributed by atoms with Crippen molar-refractivity contribution in [1.29, 1.82) is 0 Å². The molecule has 2 rings (SSSR count). The highest BCUT2D eigenvalue weighted by atomic mass is 16.5. The first kappa shape index (κ1) is 13.7. The Hall–Kier alpha value is -1.74. The molecule has 0 saturated carbocycles. The van der Waals surface area contributed by atoms with Crippen LogP contribution in [-0.2, 0) is 6.42 Å². The molecular weight excluding hydrogens is 238 g/mol. The highest BCUT2D eigenvalue weighted by Crippen LogP contribution is 2.24. The molecule has 0 amide bonds. The second kappa shape index (κ2) is 6.43. The maximum atomic E-state index is 5.87. The first-order valence-electron chi connectivity index (χ1n) is 6.57. The molecule has 0 saturated heterocycles. The normalized spacial score (nSPS) is 10.9. The van der Waals surface area contributed by atoms with Gasteiger partial charge in [-0.25, -0.2) is 0 Å². The molecule has 0 unspecified atom stereocenters. The van der Waals surface area contributed by atoms with Crippen LogP contribution in [0.15, 0.2) is 40.8 Å². The third kappa shape index (κ3) is 3.86. The summed E-state index contributed by atoms with van der Waals surface area (Å²) >= 11 is 0. The fraction of sp³-hybridized carbons (Fsp3) is 0.375. The predicted octanol–water partition coefficient (Wildman–Crippen LogP) is 3.45. The first-order valence-corrected chi connectivity index (χ1v) is 6.57. The third-order valence-corrected chi connectivity index (χ3v) is 3.06. The SMILES string of the molecule is COc1ccc(-c2ccc(CCCN(C)C)o2)cc1. The van der Waals surface area contributed by atoms with E-state index in [1.165, 1.54) is 0 Å². The molecule has 19 heavy (non-hydrogen) atoms. The smallest absolute Gasteiger partial charge is 0.134 e. The van der Waals surface area contributed by atoms with E-state index in [1.54, 1.807) is 7.11 Å². The molecule has 102 valence electrons. The predicted molar refractivity (Wildman–Crippen MR) is 77.6 cm³/mol. The number of hydrogen-bond acceptors (Lipinski definition) is 3. The zero-order valence-electron chi connectivity index (χ0n) is 11.8. The Morgan fingerprint density at radius 2 is 1.79 bits per heavy atom. The number of methoxy groups -OCH3 is 1.